The van der Waals surface area contributed by atoms with Crippen molar-refractivity contribution in [1.29, 1.82) is 0 Å². The maximum absolute atomic E-state index is 13.1. The third-order valence-electron chi connectivity index (χ3n) is 4.92. The summed E-state index contributed by atoms with van der Waals surface area (Å²) in [6.07, 6.45) is 0.209. The van der Waals surface area contributed by atoms with Crippen LogP contribution in [0.1, 0.15) is 22.8 Å². The van der Waals surface area contributed by atoms with Crippen LogP contribution in [-0.2, 0) is 14.6 Å². The molecule has 2 aromatic carbocycles. The summed E-state index contributed by atoms with van der Waals surface area (Å²) in [6.45, 7) is 0. The number of anilines is 1. The summed E-state index contributed by atoms with van der Waals surface area (Å²) in [7, 11) is -0.621. The summed E-state index contributed by atoms with van der Waals surface area (Å²) in [5.74, 6) is 0.702. The third-order valence-corrected chi connectivity index (χ3v) is 7.95. The van der Waals surface area contributed by atoms with Crippen LogP contribution >= 0.6 is 11.3 Å². The molecule has 0 aliphatic carbocycles. The molecule has 0 unspecified atom stereocenters. The number of carbonyl (C=O) groups is 1. The molecule has 1 amide bonds. The van der Waals surface area contributed by atoms with E-state index in [0.29, 0.717) is 17.2 Å². The molecule has 1 aromatic heterocycles. The Bertz CT molecular complexity index is 1170. The Morgan fingerprint density at radius 1 is 1.07 bits per heavy atom. The molecular formula is C21H19NO5S2. The van der Waals surface area contributed by atoms with E-state index in [2.05, 4.69) is 5.32 Å². The largest absolute Gasteiger partial charge is 0.497 e. The molecule has 150 valence electrons. The standard InChI is InChI=1S/C21H19NO5S2/c1-26-13-8-9-15(17(10-13)27-2)16-11-19(23)22-20-18(12-28-21(16)20)29(24,25)14-6-4-3-5-7-14/h3-10,12,16H,11H2,1-2H3,(H,22,23)/t16-/m1/s1. The Morgan fingerprint density at radius 3 is 2.52 bits per heavy atom. The molecule has 1 aliphatic rings. The van der Waals surface area contributed by atoms with Gasteiger partial charge in [0.25, 0.3) is 0 Å². The Balaban J connectivity index is 1.84. The van der Waals surface area contributed by atoms with E-state index >= 15 is 0 Å². The van der Waals surface area contributed by atoms with E-state index in [1.54, 1.807) is 62.1 Å². The quantitative estimate of drug-likeness (QED) is 0.661. The minimum atomic E-state index is -3.75. The van der Waals surface area contributed by atoms with Gasteiger partial charge in [-0.25, -0.2) is 8.42 Å². The zero-order valence-electron chi connectivity index (χ0n) is 15.8. The van der Waals surface area contributed by atoms with Gasteiger partial charge in [-0.05, 0) is 18.2 Å². The van der Waals surface area contributed by atoms with Gasteiger partial charge in [0.2, 0.25) is 15.7 Å². The van der Waals surface area contributed by atoms with Crippen LogP contribution in [0.4, 0.5) is 5.69 Å². The number of fused-ring (bicyclic) bond motifs is 1. The fourth-order valence-corrected chi connectivity index (χ4v) is 6.41. The van der Waals surface area contributed by atoms with Gasteiger partial charge in [-0.2, -0.15) is 0 Å². The number of hydrogen-bond acceptors (Lipinski definition) is 6. The molecule has 0 saturated carbocycles. The van der Waals surface area contributed by atoms with E-state index in [4.69, 9.17) is 9.47 Å². The lowest BCUT2D eigenvalue weighted by molar-refractivity contribution is -0.116. The number of carbonyl (C=O) groups excluding carboxylic acids is 1. The summed E-state index contributed by atoms with van der Waals surface area (Å²) in [6, 6.07) is 13.6. The maximum Gasteiger partial charge on any atom is 0.225 e. The van der Waals surface area contributed by atoms with Gasteiger partial charge >= 0.3 is 0 Å². The van der Waals surface area contributed by atoms with Gasteiger partial charge in [0.15, 0.2) is 0 Å². The molecule has 4 rings (SSSR count). The highest BCUT2D eigenvalue weighted by atomic mass is 32.2. The molecule has 6 nitrogen and oxygen atoms in total. The number of sulfone groups is 1. The van der Waals surface area contributed by atoms with Gasteiger partial charge in [-0.3, -0.25) is 4.79 Å². The minimum absolute atomic E-state index is 0.120. The number of hydrogen-bond donors (Lipinski definition) is 1. The number of thiophene rings is 1. The molecule has 0 fully saturated rings. The predicted octanol–water partition coefficient (Wildman–Crippen LogP) is 4.07. The second-order valence-corrected chi connectivity index (χ2v) is 9.40. The second-order valence-electron chi connectivity index (χ2n) is 6.57. The molecule has 1 N–H and O–H groups in total. The first-order chi connectivity index (χ1) is 14.0. The molecule has 2 heterocycles. The minimum Gasteiger partial charge on any atom is -0.497 e. The van der Waals surface area contributed by atoms with Crippen LogP contribution in [0, 0.1) is 0 Å². The summed E-state index contributed by atoms with van der Waals surface area (Å²) in [5.41, 5.74) is 1.17. The fraction of sp³-hybridized carbons (Fsp3) is 0.190. The van der Waals surface area contributed by atoms with Crippen molar-refractivity contribution in [1.82, 2.24) is 0 Å². The van der Waals surface area contributed by atoms with Gasteiger partial charge < -0.3 is 14.8 Å². The molecule has 29 heavy (non-hydrogen) atoms. The van der Waals surface area contributed by atoms with E-state index in [9.17, 15) is 13.2 Å². The number of methoxy groups -OCH3 is 2. The highest BCUT2D eigenvalue weighted by Crippen LogP contribution is 2.48. The van der Waals surface area contributed by atoms with Crippen molar-refractivity contribution in [2.24, 2.45) is 0 Å². The highest BCUT2D eigenvalue weighted by Gasteiger charge is 2.35. The number of amides is 1. The second kappa shape index (κ2) is 7.53. The SMILES string of the molecule is COc1ccc([C@H]2CC(=O)Nc3c(S(=O)(=O)c4ccccc4)csc32)c(OC)c1. The summed E-state index contributed by atoms with van der Waals surface area (Å²) in [4.78, 5) is 13.6. The van der Waals surface area contributed by atoms with Crippen molar-refractivity contribution >= 4 is 32.8 Å². The third kappa shape index (κ3) is 3.38. The topological polar surface area (TPSA) is 81.7 Å². The zero-order chi connectivity index (χ0) is 20.6. The number of rotatable bonds is 5. The molecule has 3 aromatic rings. The van der Waals surface area contributed by atoms with Crippen LogP contribution in [0.15, 0.2) is 63.7 Å². The zero-order valence-corrected chi connectivity index (χ0v) is 17.5. The van der Waals surface area contributed by atoms with E-state index in [1.807, 2.05) is 6.07 Å². The van der Waals surface area contributed by atoms with Crippen molar-refractivity contribution in [3.8, 4) is 11.5 Å². The summed E-state index contributed by atoms with van der Waals surface area (Å²) < 4.78 is 37.0. The van der Waals surface area contributed by atoms with E-state index in [0.717, 1.165) is 10.4 Å². The average Bonchev–Trinajstić information content (AvgIpc) is 3.18. The van der Waals surface area contributed by atoms with E-state index < -0.39 is 9.84 Å². The summed E-state index contributed by atoms with van der Waals surface area (Å²) >= 11 is 1.33. The molecule has 0 bridgehead atoms. The van der Waals surface area contributed by atoms with Gasteiger partial charge in [-0.1, -0.05) is 24.3 Å². The molecule has 0 spiro atoms. The van der Waals surface area contributed by atoms with Crippen molar-refractivity contribution in [2.75, 3.05) is 19.5 Å². The van der Waals surface area contributed by atoms with Crippen molar-refractivity contribution < 1.29 is 22.7 Å². The first-order valence-corrected chi connectivity index (χ1v) is 11.2. The molecule has 1 aliphatic heterocycles. The number of benzene rings is 2. The molecule has 8 heteroatoms. The van der Waals surface area contributed by atoms with Gasteiger partial charge in [0.1, 0.15) is 16.4 Å². The van der Waals surface area contributed by atoms with Crippen molar-refractivity contribution in [2.45, 2.75) is 22.1 Å². The Morgan fingerprint density at radius 2 is 1.83 bits per heavy atom. The van der Waals surface area contributed by atoms with E-state index in [1.165, 1.54) is 11.3 Å². The predicted molar refractivity (Wildman–Crippen MR) is 111 cm³/mol. The van der Waals surface area contributed by atoms with Gasteiger partial charge in [0.05, 0.1) is 24.8 Å². The van der Waals surface area contributed by atoms with E-state index in [-0.39, 0.29) is 28.0 Å². The Labute approximate surface area is 173 Å². The molecule has 0 saturated heterocycles. The average molecular weight is 430 g/mol. The normalized spacial score (nSPS) is 16.1. The number of ether oxygens (including phenoxy) is 2. The van der Waals surface area contributed by atoms with Crippen molar-refractivity contribution in [3.05, 3.63) is 64.4 Å². The van der Waals surface area contributed by atoms with Crippen LogP contribution in [0.3, 0.4) is 0 Å². The monoisotopic (exact) mass is 429 g/mol. The Kier molecular flexibility index (Phi) is 5.06. The lowest BCUT2D eigenvalue weighted by atomic mass is 9.90. The Hall–Kier alpha value is -2.84. The molecule has 0 radical (unpaired) electrons. The lowest BCUT2D eigenvalue weighted by Gasteiger charge is -2.25. The van der Waals surface area contributed by atoms with Crippen LogP contribution in [-0.4, -0.2) is 28.5 Å². The van der Waals surface area contributed by atoms with Gasteiger partial charge in [0, 0.05) is 34.2 Å². The summed E-state index contributed by atoms with van der Waals surface area (Å²) in [5, 5.41) is 4.37. The van der Waals surface area contributed by atoms with Crippen LogP contribution < -0.4 is 14.8 Å². The smallest absolute Gasteiger partial charge is 0.225 e. The first-order valence-electron chi connectivity index (χ1n) is 8.89. The first kappa shape index (κ1) is 19.5. The van der Waals surface area contributed by atoms with Crippen LogP contribution in [0.5, 0.6) is 11.5 Å². The van der Waals surface area contributed by atoms with Crippen LogP contribution in [0.2, 0.25) is 0 Å². The maximum atomic E-state index is 13.1. The molecule has 1 atom stereocenters. The van der Waals surface area contributed by atoms with Crippen LogP contribution in [0.25, 0.3) is 0 Å². The fourth-order valence-electron chi connectivity index (χ4n) is 3.49. The number of nitrogens with one attached hydrogen (secondary N) is 1. The molecular weight excluding hydrogens is 410 g/mol. The van der Waals surface area contributed by atoms with Crippen molar-refractivity contribution in [3.63, 3.8) is 0 Å². The lowest BCUT2D eigenvalue weighted by Crippen LogP contribution is -2.23. The van der Waals surface area contributed by atoms with Gasteiger partial charge in [-0.15, -0.1) is 11.3 Å². The highest BCUT2D eigenvalue weighted by molar-refractivity contribution is 7.91.